The van der Waals surface area contributed by atoms with Crippen LogP contribution in [0.25, 0.3) is 5.03 Å². The summed E-state index contributed by atoms with van der Waals surface area (Å²) in [5, 5.41) is 10.6. The molecule has 1 rings (SSSR count). The van der Waals surface area contributed by atoms with Crippen LogP contribution in [-0.2, 0) is 9.59 Å². The van der Waals surface area contributed by atoms with Crippen LogP contribution in [0.5, 0.6) is 0 Å². The maximum atomic E-state index is 10.8. The van der Waals surface area contributed by atoms with E-state index in [-0.39, 0.29) is 21.9 Å². The summed E-state index contributed by atoms with van der Waals surface area (Å²) in [5.74, 6) is 0. The van der Waals surface area contributed by atoms with Crippen molar-refractivity contribution >= 4 is 40.6 Å². The van der Waals surface area contributed by atoms with Gasteiger partial charge in [-0.1, -0.05) is 11.6 Å². The van der Waals surface area contributed by atoms with Crippen molar-refractivity contribution in [2.45, 2.75) is 0 Å². The van der Waals surface area contributed by atoms with Gasteiger partial charge in [0.15, 0.2) is 12.6 Å². The van der Waals surface area contributed by atoms with Gasteiger partial charge in [0.05, 0.1) is 15.5 Å². The van der Waals surface area contributed by atoms with Crippen LogP contribution >= 0.6 is 11.6 Å². The Labute approximate surface area is 114 Å². The number of rotatable bonds is 5. The quantitative estimate of drug-likeness (QED) is 0.206. The first-order valence-electron chi connectivity index (χ1n) is 5.18. The van der Waals surface area contributed by atoms with Crippen LogP contribution in [-0.4, -0.2) is 31.6 Å². The van der Waals surface area contributed by atoms with Crippen LogP contribution in [0, 0.1) is 10.1 Å². The number of carbonyl (C=O) groups excluding carboxylic acids is 2. The minimum absolute atomic E-state index is 0.114. The van der Waals surface area contributed by atoms with Gasteiger partial charge in [-0.2, -0.15) is 0 Å². The number of anilines is 1. The van der Waals surface area contributed by atoms with Crippen LogP contribution in [0.3, 0.4) is 0 Å². The Morgan fingerprint density at radius 1 is 1.32 bits per heavy atom. The second-order valence-corrected chi connectivity index (χ2v) is 4.24. The third-order valence-electron chi connectivity index (χ3n) is 2.42. The smallest absolute Gasteiger partial charge is 0.270 e. The van der Waals surface area contributed by atoms with E-state index in [2.05, 4.69) is 0 Å². The predicted octanol–water partition coefficient (Wildman–Crippen LogP) is 2.01. The third-order valence-corrected chi connectivity index (χ3v) is 2.84. The normalized spacial score (nSPS) is 9.63. The molecule has 0 fully saturated rings. The molecule has 0 spiro atoms. The first-order chi connectivity index (χ1) is 8.92. The molecule has 6 nitrogen and oxygen atoms in total. The highest BCUT2D eigenvalue weighted by atomic mass is 35.5. The molecule has 0 atom stereocenters. The van der Waals surface area contributed by atoms with Crippen molar-refractivity contribution in [3.05, 3.63) is 39.4 Å². The van der Waals surface area contributed by atoms with Crippen LogP contribution in [0.2, 0.25) is 0 Å². The van der Waals surface area contributed by atoms with Crippen molar-refractivity contribution in [3.63, 3.8) is 0 Å². The van der Waals surface area contributed by atoms with Crippen LogP contribution < -0.4 is 4.90 Å². The molecule has 0 aliphatic heterocycles. The van der Waals surface area contributed by atoms with Gasteiger partial charge in [-0.25, -0.2) is 0 Å². The highest BCUT2D eigenvalue weighted by Crippen LogP contribution is 2.33. The summed E-state index contributed by atoms with van der Waals surface area (Å²) in [5.41, 5.74) is 0.395. The zero-order chi connectivity index (χ0) is 14.6. The summed E-state index contributed by atoms with van der Waals surface area (Å²) in [4.78, 5) is 33.3. The predicted molar refractivity (Wildman–Crippen MR) is 72.3 cm³/mol. The molecule has 0 bridgehead atoms. The highest BCUT2D eigenvalue weighted by Gasteiger charge is 2.16. The van der Waals surface area contributed by atoms with Crippen LogP contribution in [0.15, 0.2) is 23.8 Å². The Hall–Kier alpha value is -2.21. The number of nitro groups is 1. The molecule has 1 aromatic carbocycles. The van der Waals surface area contributed by atoms with Crippen molar-refractivity contribution in [1.82, 2.24) is 0 Å². The summed E-state index contributed by atoms with van der Waals surface area (Å²) >= 11 is 5.97. The number of allylic oxidation sites excluding steroid dienone is 1. The average Bonchev–Trinajstić information content (AvgIpc) is 2.39. The van der Waals surface area contributed by atoms with Gasteiger partial charge in [0, 0.05) is 37.5 Å². The van der Waals surface area contributed by atoms with E-state index in [1.165, 1.54) is 18.2 Å². The Morgan fingerprint density at radius 3 is 2.32 bits per heavy atom. The monoisotopic (exact) mass is 282 g/mol. The summed E-state index contributed by atoms with van der Waals surface area (Å²) < 4.78 is 0. The fourth-order valence-electron chi connectivity index (χ4n) is 1.49. The van der Waals surface area contributed by atoms with Gasteiger partial charge in [-0.05, 0) is 6.07 Å². The van der Waals surface area contributed by atoms with Crippen LogP contribution in [0.4, 0.5) is 11.4 Å². The second-order valence-electron chi connectivity index (χ2n) is 3.86. The molecule has 0 aliphatic carbocycles. The summed E-state index contributed by atoms with van der Waals surface area (Å²) in [6.07, 6.45) is 0.626. The molecule has 0 aliphatic rings. The Bertz CT molecular complexity index is 557. The fourth-order valence-corrected chi connectivity index (χ4v) is 1.73. The van der Waals surface area contributed by atoms with E-state index in [9.17, 15) is 19.7 Å². The molecule has 100 valence electrons. The van der Waals surface area contributed by atoms with E-state index in [0.717, 1.165) is 0 Å². The summed E-state index contributed by atoms with van der Waals surface area (Å²) in [6, 6.07) is 4.05. The number of hydrogen-bond acceptors (Lipinski definition) is 5. The molecule has 0 unspecified atom stereocenters. The van der Waals surface area contributed by atoms with Gasteiger partial charge in [-0.15, -0.1) is 0 Å². The lowest BCUT2D eigenvalue weighted by atomic mass is 10.1. The van der Waals surface area contributed by atoms with E-state index in [4.69, 9.17) is 11.6 Å². The largest absolute Gasteiger partial charge is 0.377 e. The zero-order valence-corrected chi connectivity index (χ0v) is 11.0. The van der Waals surface area contributed by atoms with E-state index >= 15 is 0 Å². The third kappa shape index (κ3) is 3.17. The Morgan fingerprint density at radius 2 is 1.89 bits per heavy atom. The van der Waals surface area contributed by atoms with Gasteiger partial charge in [0.2, 0.25) is 0 Å². The fraction of sp³-hybridized carbons (Fsp3) is 0.167. The number of nitro benzene ring substituents is 1. The maximum absolute atomic E-state index is 10.8. The molecule has 7 heteroatoms. The molecule has 0 heterocycles. The number of halogens is 1. The van der Waals surface area contributed by atoms with Crippen molar-refractivity contribution in [2.24, 2.45) is 0 Å². The molecule has 0 radical (unpaired) electrons. The first-order valence-corrected chi connectivity index (χ1v) is 5.56. The van der Waals surface area contributed by atoms with Crippen molar-refractivity contribution in [3.8, 4) is 0 Å². The van der Waals surface area contributed by atoms with Gasteiger partial charge >= 0.3 is 0 Å². The molecule has 0 saturated heterocycles. The number of hydrogen-bond donors (Lipinski definition) is 0. The average molecular weight is 283 g/mol. The second kappa shape index (κ2) is 6.10. The first kappa shape index (κ1) is 14.8. The van der Waals surface area contributed by atoms with Gasteiger partial charge in [-0.3, -0.25) is 19.7 Å². The molecular weight excluding hydrogens is 272 g/mol. The minimum Gasteiger partial charge on any atom is -0.377 e. The lowest BCUT2D eigenvalue weighted by Crippen LogP contribution is -2.11. The molecule has 0 aromatic heterocycles. The minimum atomic E-state index is -0.575. The van der Waals surface area contributed by atoms with Gasteiger partial charge in [0.1, 0.15) is 0 Å². The SMILES string of the molecule is CN(C)c1ccc([N+](=O)[O-])cc1C(Cl)=C(C=O)C=O. The van der Waals surface area contributed by atoms with E-state index < -0.39 is 4.92 Å². The number of carbonyl (C=O) groups is 2. The molecule has 0 N–H and O–H groups in total. The lowest BCUT2D eigenvalue weighted by Gasteiger charge is -2.17. The number of aldehydes is 2. The number of benzene rings is 1. The van der Waals surface area contributed by atoms with E-state index in [1.807, 2.05) is 0 Å². The van der Waals surface area contributed by atoms with Crippen molar-refractivity contribution in [1.29, 1.82) is 0 Å². The molecule has 1 aromatic rings. The van der Waals surface area contributed by atoms with Gasteiger partial charge in [0.25, 0.3) is 5.69 Å². The van der Waals surface area contributed by atoms with Crippen molar-refractivity contribution < 1.29 is 14.5 Å². The molecule has 19 heavy (non-hydrogen) atoms. The lowest BCUT2D eigenvalue weighted by molar-refractivity contribution is -0.384. The number of non-ortho nitro benzene ring substituents is 1. The zero-order valence-electron chi connectivity index (χ0n) is 10.3. The molecule has 0 saturated carbocycles. The maximum Gasteiger partial charge on any atom is 0.270 e. The molecular formula is C12H11ClN2O4. The highest BCUT2D eigenvalue weighted by molar-refractivity contribution is 6.52. The number of nitrogens with zero attached hydrogens (tertiary/aromatic N) is 2. The van der Waals surface area contributed by atoms with Crippen molar-refractivity contribution in [2.75, 3.05) is 19.0 Å². The molecule has 0 amide bonds. The standard InChI is InChI=1S/C12H11ClN2O4/c1-14(2)11-4-3-9(15(18)19)5-10(11)12(13)8(6-16)7-17/h3-7H,1-2H3. The van der Waals surface area contributed by atoms with Crippen LogP contribution in [0.1, 0.15) is 5.56 Å². The summed E-state index contributed by atoms with van der Waals surface area (Å²) in [7, 11) is 3.44. The van der Waals surface area contributed by atoms with E-state index in [1.54, 1.807) is 19.0 Å². The van der Waals surface area contributed by atoms with E-state index in [0.29, 0.717) is 18.3 Å². The topological polar surface area (TPSA) is 80.5 Å². The Kier molecular flexibility index (Phi) is 4.77. The Balaban J connectivity index is 3.57. The van der Waals surface area contributed by atoms with Gasteiger partial charge < -0.3 is 4.90 Å². The summed E-state index contributed by atoms with van der Waals surface area (Å²) in [6.45, 7) is 0.